The Kier molecular flexibility index (Phi) is 5.62. The summed E-state index contributed by atoms with van der Waals surface area (Å²) in [6, 6.07) is 0. The van der Waals surface area contributed by atoms with Crippen molar-refractivity contribution in [2.45, 2.75) is 58.8 Å². The molecule has 0 aromatic heterocycles. The van der Waals surface area contributed by atoms with Gasteiger partial charge < -0.3 is 19.5 Å². The summed E-state index contributed by atoms with van der Waals surface area (Å²) in [5.41, 5.74) is -0.0787. The van der Waals surface area contributed by atoms with E-state index in [1.54, 1.807) is 0 Å². The van der Waals surface area contributed by atoms with Crippen molar-refractivity contribution in [3.63, 3.8) is 0 Å². The molecule has 1 saturated heterocycles. The molecule has 5 nitrogen and oxygen atoms in total. The fourth-order valence-corrected chi connectivity index (χ4v) is 2.26. The second-order valence-corrected chi connectivity index (χ2v) is 6.27. The number of hydrogen-bond donors (Lipinski definition) is 1. The number of aliphatic hydroxyl groups is 1. The van der Waals surface area contributed by atoms with Gasteiger partial charge in [-0.15, -0.1) is 0 Å². The van der Waals surface area contributed by atoms with Gasteiger partial charge in [0.2, 0.25) is 0 Å². The van der Waals surface area contributed by atoms with Crippen molar-refractivity contribution in [3.05, 3.63) is 0 Å². The number of aliphatic hydroxyl groups excluding tert-OH is 1. The molecule has 1 heterocycles. The van der Waals surface area contributed by atoms with E-state index in [1.165, 1.54) is 12.0 Å². The maximum Gasteiger partial charge on any atom is 0.410 e. The third-order valence-corrected chi connectivity index (χ3v) is 3.56. The highest BCUT2D eigenvalue weighted by Gasteiger charge is 2.37. The van der Waals surface area contributed by atoms with Crippen LogP contribution in [0, 0.1) is 5.41 Å². The third-order valence-electron chi connectivity index (χ3n) is 3.56. The third kappa shape index (κ3) is 4.35. The molecule has 1 amide bonds. The Balaban J connectivity index is 2.58. The lowest BCUT2D eigenvalue weighted by Crippen LogP contribution is -2.38. The summed E-state index contributed by atoms with van der Waals surface area (Å²) in [6.45, 7) is 8.94. The minimum atomic E-state index is -0.628. The van der Waals surface area contributed by atoms with Crippen molar-refractivity contribution in [3.8, 4) is 0 Å². The highest BCUT2D eigenvalue weighted by Crippen LogP contribution is 2.27. The number of likely N-dealkylation sites (tertiary alicyclic amines) is 1. The Morgan fingerprint density at radius 3 is 2.47 bits per heavy atom. The van der Waals surface area contributed by atoms with Gasteiger partial charge in [0.1, 0.15) is 12.2 Å². The maximum absolute atomic E-state index is 12.1. The van der Waals surface area contributed by atoms with Crippen LogP contribution in [0.2, 0.25) is 0 Å². The van der Waals surface area contributed by atoms with E-state index in [1.807, 2.05) is 0 Å². The Morgan fingerprint density at radius 1 is 1.42 bits per heavy atom. The van der Waals surface area contributed by atoms with Crippen molar-refractivity contribution in [2.75, 3.05) is 20.2 Å². The summed E-state index contributed by atoms with van der Waals surface area (Å²) in [7, 11) is 1.54. The van der Waals surface area contributed by atoms with Gasteiger partial charge in [0.25, 0.3) is 0 Å². The number of amides is 1. The van der Waals surface area contributed by atoms with Crippen LogP contribution in [0.1, 0.15) is 40.5 Å². The summed E-state index contributed by atoms with van der Waals surface area (Å²) < 4.78 is 10.7. The van der Waals surface area contributed by atoms with E-state index in [4.69, 9.17) is 9.47 Å². The summed E-state index contributed by atoms with van der Waals surface area (Å²) in [6.07, 6.45) is 0.414. The van der Waals surface area contributed by atoms with Crippen LogP contribution in [0.5, 0.6) is 0 Å². The quantitative estimate of drug-likeness (QED) is 0.851. The summed E-state index contributed by atoms with van der Waals surface area (Å²) in [5, 5.41) is 9.73. The van der Waals surface area contributed by atoms with E-state index in [2.05, 4.69) is 27.7 Å². The molecule has 1 N–H and O–H groups in total. The molecule has 0 aliphatic carbocycles. The molecule has 5 heteroatoms. The van der Waals surface area contributed by atoms with E-state index >= 15 is 0 Å². The second kappa shape index (κ2) is 6.57. The fraction of sp³-hybridized carbons (Fsp3) is 0.929. The topological polar surface area (TPSA) is 59.0 Å². The van der Waals surface area contributed by atoms with Gasteiger partial charge in [-0.25, -0.2) is 4.79 Å². The predicted molar refractivity (Wildman–Crippen MR) is 73.0 cm³/mol. The highest BCUT2D eigenvalue weighted by molar-refractivity contribution is 5.68. The van der Waals surface area contributed by atoms with Gasteiger partial charge in [-0.2, -0.15) is 0 Å². The van der Waals surface area contributed by atoms with Crippen molar-refractivity contribution < 1.29 is 19.4 Å². The first kappa shape index (κ1) is 16.2. The van der Waals surface area contributed by atoms with Crippen molar-refractivity contribution in [2.24, 2.45) is 5.41 Å². The van der Waals surface area contributed by atoms with Gasteiger partial charge in [0, 0.05) is 7.11 Å². The lowest BCUT2D eigenvalue weighted by atomic mass is 9.86. The van der Waals surface area contributed by atoms with E-state index < -0.39 is 6.10 Å². The Bertz CT molecular complexity index is 300. The van der Waals surface area contributed by atoms with Gasteiger partial charge in [-0.3, -0.25) is 0 Å². The van der Waals surface area contributed by atoms with Crippen LogP contribution in [-0.4, -0.2) is 54.6 Å². The SMILES string of the molecule is CCCC(OC(=O)N1C[C@@H](O)[C@H](OC)C1)C(C)(C)C. The van der Waals surface area contributed by atoms with Gasteiger partial charge in [0.05, 0.1) is 19.2 Å². The van der Waals surface area contributed by atoms with E-state index in [-0.39, 0.29) is 30.3 Å². The molecule has 3 atom stereocenters. The van der Waals surface area contributed by atoms with Crippen LogP contribution in [0.4, 0.5) is 4.79 Å². The number of ether oxygens (including phenoxy) is 2. The van der Waals surface area contributed by atoms with Crippen molar-refractivity contribution >= 4 is 6.09 Å². The molecule has 0 saturated carbocycles. The standard InChI is InChI=1S/C14H27NO4/c1-6-7-12(14(2,3)4)19-13(17)15-8-10(16)11(9-15)18-5/h10-12,16H,6-9H2,1-5H3/t10-,11-,12?/m1/s1. The van der Waals surface area contributed by atoms with E-state index in [0.717, 1.165) is 12.8 Å². The predicted octanol–water partition coefficient (Wildman–Crippen LogP) is 2.03. The van der Waals surface area contributed by atoms with Crippen LogP contribution in [-0.2, 0) is 9.47 Å². The zero-order valence-corrected chi connectivity index (χ0v) is 12.7. The molecule has 1 aliphatic rings. The summed E-state index contributed by atoms with van der Waals surface area (Å²) in [5.74, 6) is 0. The number of hydrogen-bond acceptors (Lipinski definition) is 4. The minimum absolute atomic E-state index is 0.0787. The molecule has 19 heavy (non-hydrogen) atoms. The zero-order valence-electron chi connectivity index (χ0n) is 12.7. The molecule has 1 rings (SSSR count). The summed E-state index contributed by atoms with van der Waals surface area (Å²) >= 11 is 0. The fourth-order valence-electron chi connectivity index (χ4n) is 2.26. The number of carbonyl (C=O) groups excluding carboxylic acids is 1. The van der Waals surface area contributed by atoms with Crippen LogP contribution in [0.3, 0.4) is 0 Å². The molecule has 1 aliphatic heterocycles. The zero-order chi connectivity index (χ0) is 14.6. The van der Waals surface area contributed by atoms with Gasteiger partial charge in [-0.05, 0) is 11.8 Å². The molecule has 0 radical (unpaired) electrons. The first-order valence-electron chi connectivity index (χ1n) is 6.96. The molecule has 0 aromatic carbocycles. The molecule has 112 valence electrons. The smallest absolute Gasteiger partial charge is 0.410 e. The lowest BCUT2D eigenvalue weighted by molar-refractivity contribution is 0.00571. The molecular weight excluding hydrogens is 246 g/mol. The Hall–Kier alpha value is -0.810. The second-order valence-electron chi connectivity index (χ2n) is 6.27. The van der Waals surface area contributed by atoms with Crippen molar-refractivity contribution in [1.82, 2.24) is 4.90 Å². The Labute approximate surface area is 115 Å². The number of nitrogens with zero attached hydrogens (tertiary/aromatic N) is 1. The number of β-amino-alcohol motifs (C(OH)–C–C–N with tert-alkyl or cyclic N) is 1. The molecule has 0 spiro atoms. The van der Waals surface area contributed by atoms with Crippen LogP contribution in [0.15, 0.2) is 0 Å². The Morgan fingerprint density at radius 2 is 2.05 bits per heavy atom. The van der Waals surface area contributed by atoms with Gasteiger partial charge in [0.15, 0.2) is 0 Å². The van der Waals surface area contributed by atoms with Gasteiger partial charge >= 0.3 is 6.09 Å². The number of rotatable bonds is 4. The lowest BCUT2D eigenvalue weighted by Gasteiger charge is -2.31. The molecule has 1 unspecified atom stereocenters. The molecule has 0 aromatic rings. The first-order chi connectivity index (χ1) is 8.79. The minimum Gasteiger partial charge on any atom is -0.446 e. The number of carbonyl (C=O) groups is 1. The van der Waals surface area contributed by atoms with Crippen LogP contribution in [0.25, 0.3) is 0 Å². The van der Waals surface area contributed by atoms with E-state index in [9.17, 15) is 9.90 Å². The summed E-state index contributed by atoms with van der Waals surface area (Å²) in [4.78, 5) is 13.6. The molecule has 0 bridgehead atoms. The normalized spacial score (nSPS) is 25.5. The van der Waals surface area contributed by atoms with Crippen LogP contribution < -0.4 is 0 Å². The first-order valence-corrected chi connectivity index (χ1v) is 6.96. The largest absolute Gasteiger partial charge is 0.446 e. The molecule has 1 fully saturated rings. The van der Waals surface area contributed by atoms with E-state index in [0.29, 0.717) is 6.54 Å². The maximum atomic E-state index is 12.1. The van der Waals surface area contributed by atoms with Crippen molar-refractivity contribution in [1.29, 1.82) is 0 Å². The van der Waals surface area contributed by atoms with Gasteiger partial charge in [-0.1, -0.05) is 34.1 Å². The molecular formula is C14H27NO4. The highest BCUT2D eigenvalue weighted by atomic mass is 16.6. The van der Waals surface area contributed by atoms with Crippen LogP contribution >= 0.6 is 0 Å². The average molecular weight is 273 g/mol. The number of methoxy groups -OCH3 is 1. The monoisotopic (exact) mass is 273 g/mol. The average Bonchev–Trinajstić information content (AvgIpc) is 2.68.